The molecule has 2 rings (SSSR count). The van der Waals surface area contributed by atoms with Crippen LogP contribution < -0.4 is 4.89 Å². The van der Waals surface area contributed by atoms with Crippen LogP contribution in [0.4, 0.5) is 0 Å². The fourth-order valence-electron chi connectivity index (χ4n) is 1.56. The predicted molar refractivity (Wildman–Crippen MR) is 62.3 cm³/mol. The minimum absolute atomic E-state index is 0.378. The second-order valence-corrected chi connectivity index (χ2v) is 3.46. The van der Waals surface area contributed by atoms with Gasteiger partial charge in [0.1, 0.15) is 5.69 Å². The van der Waals surface area contributed by atoms with Gasteiger partial charge in [0.15, 0.2) is 5.75 Å². The summed E-state index contributed by atoms with van der Waals surface area (Å²) >= 11 is 0. The molecule has 0 radical (unpaired) electrons. The van der Waals surface area contributed by atoms with Crippen LogP contribution in [0, 0.1) is 0 Å². The van der Waals surface area contributed by atoms with E-state index in [0.717, 1.165) is 17.7 Å². The molecule has 0 saturated carbocycles. The fraction of sp³-hybridized carbons (Fsp3) is 0.154. The predicted octanol–water partition coefficient (Wildman–Crippen LogP) is 3.16. The summed E-state index contributed by atoms with van der Waals surface area (Å²) in [5.74, 6) is 0.378. The number of aryl methyl sites for hydroxylation is 1. The standard InChI is InChI=1S/C13H13NO2/c1-2-11-8-9-12(16-15)13(14-11)10-6-4-3-5-7-10/h3-9,15H,2H2,1H3. The lowest BCUT2D eigenvalue weighted by Crippen LogP contribution is -1.95. The maximum absolute atomic E-state index is 8.80. The summed E-state index contributed by atoms with van der Waals surface area (Å²) in [6.45, 7) is 2.04. The van der Waals surface area contributed by atoms with Crippen LogP contribution in [0.25, 0.3) is 11.3 Å². The van der Waals surface area contributed by atoms with Gasteiger partial charge in [-0.1, -0.05) is 37.3 Å². The smallest absolute Gasteiger partial charge is 0.191 e. The molecule has 1 aromatic heterocycles. The SMILES string of the molecule is CCc1ccc(OO)c(-c2ccccc2)n1. The van der Waals surface area contributed by atoms with Gasteiger partial charge in [-0.3, -0.25) is 0 Å². The summed E-state index contributed by atoms with van der Waals surface area (Å²) in [6.07, 6.45) is 0.853. The molecule has 1 N–H and O–H groups in total. The van der Waals surface area contributed by atoms with Crippen LogP contribution in [0.2, 0.25) is 0 Å². The molecule has 0 aliphatic rings. The van der Waals surface area contributed by atoms with Crippen LogP contribution in [0.1, 0.15) is 12.6 Å². The Kier molecular flexibility index (Phi) is 3.17. The van der Waals surface area contributed by atoms with Gasteiger partial charge in [0.2, 0.25) is 0 Å². The van der Waals surface area contributed by atoms with Gasteiger partial charge in [-0.05, 0) is 18.6 Å². The summed E-state index contributed by atoms with van der Waals surface area (Å²) in [5.41, 5.74) is 2.57. The minimum atomic E-state index is 0.378. The Morgan fingerprint density at radius 2 is 1.88 bits per heavy atom. The van der Waals surface area contributed by atoms with Gasteiger partial charge in [0.05, 0.1) is 0 Å². The Hall–Kier alpha value is -1.87. The Morgan fingerprint density at radius 3 is 2.50 bits per heavy atom. The molecule has 0 saturated heterocycles. The first-order chi connectivity index (χ1) is 7.85. The molecule has 2 aromatic rings. The van der Waals surface area contributed by atoms with Crippen molar-refractivity contribution in [3.63, 3.8) is 0 Å². The highest BCUT2D eigenvalue weighted by molar-refractivity contribution is 5.66. The number of rotatable bonds is 3. The summed E-state index contributed by atoms with van der Waals surface area (Å²) in [5, 5.41) is 8.80. The number of nitrogens with zero attached hydrogens (tertiary/aromatic N) is 1. The first kappa shape index (κ1) is 10.6. The van der Waals surface area contributed by atoms with E-state index in [1.165, 1.54) is 0 Å². The first-order valence-corrected chi connectivity index (χ1v) is 5.22. The lowest BCUT2D eigenvalue weighted by Gasteiger charge is -2.07. The average molecular weight is 215 g/mol. The van der Waals surface area contributed by atoms with Crippen molar-refractivity contribution in [1.82, 2.24) is 4.98 Å². The topological polar surface area (TPSA) is 42.4 Å². The molecular formula is C13H13NO2. The highest BCUT2D eigenvalue weighted by atomic mass is 17.1. The highest BCUT2D eigenvalue weighted by Gasteiger charge is 2.08. The summed E-state index contributed by atoms with van der Waals surface area (Å²) in [4.78, 5) is 8.78. The van der Waals surface area contributed by atoms with E-state index in [-0.39, 0.29) is 0 Å². The highest BCUT2D eigenvalue weighted by Crippen LogP contribution is 2.27. The van der Waals surface area contributed by atoms with Crippen LogP contribution in [-0.2, 0) is 6.42 Å². The van der Waals surface area contributed by atoms with Crippen molar-refractivity contribution in [3.8, 4) is 17.0 Å². The van der Waals surface area contributed by atoms with Crippen LogP contribution in [-0.4, -0.2) is 10.2 Å². The Balaban J connectivity index is 2.53. The molecule has 0 aliphatic carbocycles. The van der Waals surface area contributed by atoms with Crippen molar-refractivity contribution < 1.29 is 10.1 Å². The van der Waals surface area contributed by atoms with E-state index in [4.69, 9.17) is 5.26 Å². The lowest BCUT2D eigenvalue weighted by atomic mass is 10.1. The van der Waals surface area contributed by atoms with Crippen LogP contribution in [0.3, 0.4) is 0 Å². The number of hydrogen-bond acceptors (Lipinski definition) is 3. The van der Waals surface area contributed by atoms with E-state index in [1.807, 2.05) is 43.3 Å². The van der Waals surface area contributed by atoms with Crippen LogP contribution >= 0.6 is 0 Å². The Morgan fingerprint density at radius 1 is 1.12 bits per heavy atom. The minimum Gasteiger partial charge on any atom is -0.338 e. The Bertz CT molecular complexity index is 469. The van der Waals surface area contributed by atoms with Gasteiger partial charge >= 0.3 is 0 Å². The molecule has 0 atom stereocenters. The number of benzene rings is 1. The molecule has 0 unspecified atom stereocenters. The van der Waals surface area contributed by atoms with Gasteiger partial charge in [0.25, 0.3) is 0 Å². The maximum atomic E-state index is 8.80. The van der Waals surface area contributed by atoms with Crippen molar-refractivity contribution in [1.29, 1.82) is 0 Å². The third-order valence-electron chi connectivity index (χ3n) is 2.42. The lowest BCUT2D eigenvalue weighted by molar-refractivity contribution is -0.137. The van der Waals surface area contributed by atoms with Crippen molar-refractivity contribution >= 4 is 0 Å². The zero-order chi connectivity index (χ0) is 11.4. The van der Waals surface area contributed by atoms with E-state index in [0.29, 0.717) is 11.4 Å². The van der Waals surface area contributed by atoms with Gasteiger partial charge < -0.3 is 4.89 Å². The van der Waals surface area contributed by atoms with Gasteiger partial charge in [0, 0.05) is 11.3 Å². The molecule has 0 spiro atoms. The van der Waals surface area contributed by atoms with E-state index in [9.17, 15) is 0 Å². The first-order valence-electron chi connectivity index (χ1n) is 5.22. The number of aromatic nitrogens is 1. The molecule has 82 valence electrons. The van der Waals surface area contributed by atoms with Crippen LogP contribution in [0.15, 0.2) is 42.5 Å². The van der Waals surface area contributed by atoms with Gasteiger partial charge in [-0.2, -0.15) is 0 Å². The second kappa shape index (κ2) is 4.77. The quantitative estimate of drug-likeness (QED) is 0.631. The largest absolute Gasteiger partial charge is 0.338 e. The normalized spacial score (nSPS) is 10.1. The number of pyridine rings is 1. The molecule has 0 aliphatic heterocycles. The molecule has 0 fully saturated rings. The van der Waals surface area contributed by atoms with Crippen molar-refractivity contribution in [2.24, 2.45) is 0 Å². The number of hydrogen-bond donors (Lipinski definition) is 1. The van der Waals surface area contributed by atoms with E-state index >= 15 is 0 Å². The summed E-state index contributed by atoms with van der Waals surface area (Å²) in [6, 6.07) is 13.2. The summed E-state index contributed by atoms with van der Waals surface area (Å²) in [7, 11) is 0. The second-order valence-electron chi connectivity index (χ2n) is 3.46. The molecular weight excluding hydrogens is 202 g/mol. The molecule has 3 nitrogen and oxygen atoms in total. The molecule has 1 heterocycles. The van der Waals surface area contributed by atoms with Crippen molar-refractivity contribution in [2.75, 3.05) is 0 Å². The molecule has 3 heteroatoms. The summed E-state index contributed by atoms with van der Waals surface area (Å²) < 4.78 is 0. The van der Waals surface area contributed by atoms with Crippen molar-refractivity contribution in [2.45, 2.75) is 13.3 Å². The van der Waals surface area contributed by atoms with Crippen LogP contribution in [0.5, 0.6) is 5.75 Å². The third kappa shape index (κ3) is 2.04. The average Bonchev–Trinajstić information content (AvgIpc) is 2.39. The maximum Gasteiger partial charge on any atom is 0.191 e. The van der Waals surface area contributed by atoms with Gasteiger partial charge in [-0.15, -0.1) is 0 Å². The molecule has 0 bridgehead atoms. The van der Waals surface area contributed by atoms with E-state index < -0.39 is 0 Å². The monoisotopic (exact) mass is 215 g/mol. The molecule has 16 heavy (non-hydrogen) atoms. The zero-order valence-electron chi connectivity index (χ0n) is 9.05. The third-order valence-corrected chi connectivity index (χ3v) is 2.42. The van der Waals surface area contributed by atoms with Gasteiger partial charge in [-0.25, -0.2) is 10.2 Å². The van der Waals surface area contributed by atoms with E-state index in [2.05, 4.69) is 9.87 Å². The zero-order valence-corrected chi connectivity index (χ0v) is 9.05. The fourth-order valence-corrected chi connectivity index (χ4v) is 1.56. The van der Waals surface area contributed by atoms with Crippen molar-refractivity contribution in [3.05, 3.63) is 48.2 Å². The molecule has 0 amide bonds. The Labute approximate surface area is 94.3 Å². The molecule has 1 aromatic carbocycles. The van der Waals surface area contributed by atoms with E-state index in [1.54, 1.807) is 6.07 Å².